The van der Waals surface area contributed by atoms with Crippen LogP contribution in [0.15, 0.2) is 30.3 Å². The van der Waals surface area contributed by atoms with E-state index in [1.54, 1.807) is 7.11 Å². The Bertz CT molecular complexity index is 473. The van der Waals surface area contributed by atoms with E-state index in [0.29, 0.717) is 19.4 Å². The van der Waals surface area contributed by atoms with Crippen molar-refractivity contribution in [3.05, 3.63) is 35.9 Å². The van der Waals surface area contributed by atoms with E-state index in [1.165, 1.54) is 0 Å². The third-order valence-corrected chi connectivity index (χ3v) is 5.87. The number of sulfone groups is 1. The fourth-order valence-corrected chi connectivity index (χ4v) is 4.52. The summed E-state index contributed by atoms with van der Waals surface area (Å²) in [6, 6.07) is 9.56. The van der Waals surface area contributed by atoms with Crippen LogP contribution in [0.25, 0.3) is 0 Å². The molecule has 1 aromatic carbocycles. The van der Waals surface area contributed by atoms with Crippen molar-refractivity contribution in [1.29, 1.82) is 0 Å². The molecule has 0 saturated carbocycles. The number of methoxy groups -OCH3 is 1. The van der Waals surface area contributed by atoms with Gasteiger partial charge >= 0.3 is 0 Å². The van der Waals surface area contributed by atoms with Crippen molar-refractivity contribution in [2.24, 2.45) is 0 Å². The molecule has 0 spiro atoms. The van der Waals surface area contributed by atoms with Crippen molar-refractivity contribution in [2.75, 3.05) is 26.5 Å². The number of ether oxygens (including phenoxy) is 1. The summed E-state index contributed by atoms with van der Waals surface area (Å²) in [4.78, 5) is 0. The highest BCUT2D eigenvalue weighted by atomic mass is 32.2. The van der Waals surface area contributed by atoms with Gasteiger partial charge in [0.25, 0.3) is 0 Å². The Morgan fingerprint density at radius 2 is 1.90 bits per heavy atom. The zero-order chi connectivity index (χ0) is 15.0. The largest absolute Gasteiger partial charge is 0.385 e. The molecule has 0 aliphatic carbocycles. The molecule has 0 heterocycles. The lowest BCUT2D eigenvalue weighted by atomic mass is 10.0. The average Bonchev–Trinajstić information content (AvgIpc) is 2.45. The van der Waals surface area contributed by atoms with E-state index >= 15 is 0 Å². The van der Waals surface area contributed by atoms with Crippen molar-refractivity contribution in [2.45, 2.75) is 31.1 Å². The van der Waals surface area contributed by atoms with E-state index < -0.39 is 15.1 Å². The summed E-state index contributed by atoms with van der Waals surface area (Å²) in [7, 11) is 0.251. The molecule has 0 bridgehead atoms. The molecule has 1 aromatic rings. The van der Waals surface area contributed by atoms with Gasteiger partial charge < -0.3 is 10.1 Å². The molecule has 1 rings (SSSR count). The first-order valence-corrected chi connectivity index (χ1v) is 8.71. The van der Waals surface area contributed by atoms with Crippen LogP contribution in [-0.4, -0.2) is 40.2 Å². The van der Waals surface area contributed by atoms with E-state index in [9.17, 15) is 8.42 Å². The van der Waals surface area contributed by atoms with Gasteiger partial charge in [-0.1, -0.05) is 37.3 Å². The Kier molecular flexibility index (Phi) is 7.19. The smallest absolute Gasteiger partial charge is 0.155 e. The van der Waals surface area contributed by atoms with Crippen LogP contribution in [0, 0.1) is 0 Å². The highest BCUT2D eigenvalue weighted by Gasteiger charge is 2.31. The summed E-state index contributed by atoms with van der Waals surface area (Å²) in [6.07, 6.45) is 1.14. The van der Waals surface area contributed by atoms with Crippen LogP contribution in [-0.2, 0) is 14.6 Å². The van der Waals surface area contributed by atoms with Gasteiger partial charge in [0.1, 0.15) is 0 Å². The number of hydrogen-bond acceptors (Lipinski definition) is 4. The molecule has 0 fully saturated rings. The fraction of sp³-hybridized carbons (Fsp3) is 0.600. The second kappa shape index (κ2) is 8.39. The highest BCUT2D eigenvalue weighted by molar-refractivity contribution is 7.92. The maximum absolute atomic E-state index is 12.5. The van der Waals surface area contributed by atoms with Gasteiger partial charge in [0.15, 0.2) is 9.84 Å². The molecule has 0 aromatic heterocycles. The molecular formula is C15H25NO3S. The van der Waals surface area contributed by atoms with Crippen LogP contribution in [0.3, 0.4) is 0 Å². The van der Waals surface area contributed by atoms with Gasteiger partial charge in [0.2, 0.25) is 0 Å². The zero-order valence-electron chi connectivity index (χ0n) is 12.5. The van der Waals surface area contributed by atoms with Gasteiger partial charge in [-0.15, -0.1) is 0 Å². The molecule has 0 amide bonds. The molecule has 4 nitrogen and oxygen atoms in total. The van der Waals surface area contributed by atoms with E-state index in [2.05, 4.69) is 5.32 Å². The third-order valence-electron chi connectivity index (χ3n) is 3.48. The number of rotatable bonds is 9. The number of nitrogens with one attached hydrogen (secondary N) is 1. The zero-order valence-corrected chi connectivity index (χ0v) is 13.3. The fourth-order valence-electron chi connectivity index (χ4n) is 2.48. The van der Waals surface area contributed by atoms with E-state index in [4.69, 9.17) is 4.74 Å². The number of benzene rings is 1. The van der Waals surface area contributed by atoms with Crippen molar-refractivity contribution in [1.82, 2.24) is 5.32 Å². The Morgan fingerprint density at radius 3 is 2.40 bits per heavy atom. The Balaban J connectivity index is 2.92. The van der Waals surface area contributed by atoms with E-state index in [1.807, 2.05) is 44.3 Å². The molecule has 1 N–H and O–H groups in total. The maximum atomic E-state index is 12.5. The second-order valence-electron chi connectivity index (χ2n) is 4.84. The van der Waals surface area contributed by atoms with Gasteiger partial charge in [-0.05, 0) is 25.5 Å². The van der Waals surface area contributed by atoms with Gasteiger partial charge in [-0.2, -0.15) is 0 Å². The van der Waals surface area contributed by atoms with E-state index in [-0.39, 0.29) is 11.8 Å². The first kappa shape index (κ1) is 17.1. The first-order valence-electron chi connectivity index (χ1n) is 6.99. The summed E-state index contributed by atoms with van der Waals surface area (Å²) < 4.78 is 30.0. The minimum absolute atomic E-state index is 0.171. The SMILES string of the molecule is CCC(C(NC)c1ccccc1)S(=O)(=O)CCCOC. The van der Waals surface area contributed by atoms with Crippen LogP contribution in [0.1, 0.15) is 31.4 Å². The molecule has 2 unspecified atom stereocenters. The molecule has 5 heteroatoms. The lowest BCUT2D eigenvalue weighted by Gasteiger charge is -2.26. The van der Waals surface area contributed by atoms with Gasteiger partial charge in [0.05, 0.1) is 11.0 Å². The van der Waals surface area contributed by atoms with Crippen molar-refractivity contribution in [3.63, 3.8) is 0 Å². The minimum atomic E-state index is -3.15. The van der Waals surface area contributed by atoms with Gasteiger partial charge in [-0.25, -0.2) is 8.42 Å². The molecule has 2 atom stereocenters. The van der Waals surface area contributed by atoms with Crippen LogP contribution in [0.4, 0.5) is 0 Å². The standard InChI is InChI=1S/C15H25NO3S/c1-4-14(20(17,18)12-8-11-19-3)15(16-2)13-9-6-5-7-10-13/h5-7,9-10,14-16H,4,8,11-12H2,1-3H3. The van der Waals surface area contributed by atoms with E-state index in [0.717, 1.165) is 5.56 Å². The maximum Gasteiger partial charge on any atom is 0.155 e. The van der Waals surface area contributed by atoms with Crippen LogP contribution < -0.4 is 5.32 Å². The molecule has 114 valence electrons. The second-order valence-corrected chi connectivity index (χ2v) is 7.18. The lowest BCUT2D eigenvalue weighted by Crippen LogP contribution is -2.36. The predicted octanol–water partition coefficient (Wildman–Crippen LogP) is 2.18. The summed E-state index contributed by atoms with van der Waals surface area (Å²) in [5.41, 5.74) is 1.01. The first-order chi connectivity index (χ1) is 9.56. The summed E-state index contributed by atoms with van der Waals surface area (Å²) in [5, 5.41) is 2.75. The van der Waals surface area contributed by atoms with Crippen molar-refractivity contribution >= 4 is 9.84 Å². The van der Waals surface area contributed by atoms with Crippen LogP contribution >= 0.6 is 0 Å². The summed E-state index contributed by atoms with van der Waals surface area (Å²) >= 11 is 0. The Labute approximate surface area is 122 Å². The van der Waals surface area contributed by atoms with Crippen molar-refractivity contribution < 1.29 is 13.2 Å². The molecular weight excluding hydrogens is 274 g/mol. The summed E-state index contributed by atoms with van der Waals surface area (Å²) in [5.74, 6) is 0.171. The monoisotopic (exact) mass is 299 g/mol. The van der Waals surface area contributed by atoms with Crippen molar-refractivity contribution in [3.8, 4) is 0 Å². The van der Waals surface area contributed by atoms with Crippen LogP contribution in [0.2, 0.25) is 0 Å². The highest BCUT2D eigenvalue weighted by Crippen LogP contribution is 2.25. The number of hydrogen-bond donors (Lipinski definition) is 1. The minimum Gasteiger partial charge on any atom is -0.385 e. The Morgan fingerprint density at radius 1 is 1.25 bits per heavy atom. The quantitative estimate of drug-likeness (QED) is 0.710. The lowest BCUT2D eigenvalue weighted by molar-refractivity contribution is 0.199. The van der Waals surface area contributed by atoms with Gasteiger partial charge in [0, 0.05) is 19.8 Å². The third kappa shape index (κ3) is 4.58. The predicted molar refractivity (Wildman–Crippen MR) is 82.6 cm³/mol. The molecule has 0 saturated heterocycles. The topological polar surface area (TPSA) is 55.4 Å². The normalized spacial score (nSPS) is 14.9. The molecule has 0 aliphatic rings. The summed E-state index contributed by atoms with van der Waals surface area (Å²) in [6.45, 7) is 2.40. The Hall–Kier alpha value is -0.910. The van der Waals surface area contributed by atoms with Gasteiger partial charge in [-0.3, -0.25) is 0 Å². The average molecular weight is 299 g/mol. The molecule has 20 heavy (non-hydrogen) atoms. The molecule has 0 radical (unpaired) electrons. The van der Waals surface area contributed by atoms with Crippen LogP contribution in [0.5, 0.6) is 0 Å². The molecule has 0 aliphatic heterocycles.